The number of hydrogen-bond acceptors (Lipinski definition) is 3. The number of nitrogens with one attached hydrogen (secondary N) is 1. The van der Waals surface area contributed by atoms with Crippen LogP contribution in [0.5, 0.6) is 0 Å². The van der Waals surface area contributed by atoms with E-state index >= 15 is 0 Å². The fraction of sp³-hybridized carbons (Fsp3) is 0.583. The molecule has 1 fully saturated rings. The third-order valence-electron chi connectivity index (χ3n) is 2.69. The summed E-state index contributed by atoms with van der Waals surface area (Å²) in [5, 5.41) is 3.57. The van der Waals surface area contributed by atoms with E-state index in [4.69, 9.17) is 0 Å². The van der Waals surface area contributed by atoms with Crippen molar-refractivity contribution in [2.45, 2.75) is 32.7 Å². The van der Waals surface area contributed by atoms with Gasteiger partial charge in [-0.25, -0.2) is 0 Å². The van der Waals surface area contributed by atoms with E-state index in [1.54, 1.807) is 11.3 Å². The second kappa shape index (κ2) is 4.90. The monoisotopic (exact) mass is 222 g/mol. The quantitative estimate of drug-likeness (QED) is 0.828. The van der Waals surface area contributed by atoms with Gasteiger partial charge in [-0.1, -0.05) is 19.4 Å². The molecule has 1 aromatic rings. The molecule has 0 aliphatic heterocycles. The van der Waals surface area contributed by atoms with E-state index in [2.05, 4.69) is 30.2 Å². The molecule has 0 atom stereocenters. The summed E-state index contributed by atoms with van der Waals surface area (Å²) in [4.78, 5) is 5.36. The molecule has 82 valence electrons. The van der Waals surface area contributed by atoms with Crippen LogP contribution in [0.3, 0.4) is 0 Å². The molecule has 2 nitrogen and oxygen atoms in total. The number of thiazole rings is 1. The normalized spacial score (nSPS) is 17.4. The number of nitrogens with zero attached hydrogens (tertiary/aromatic N) is 1. The van der Waals surface area contributed by atoms with Crippen molar-refractivity contribution >= 4 is 17.4 Å². The van der Waals surface area contributed by atoms with E-state index in [1.165, 1.54) is 23.3 Å². The summed E-state index contributed by atoms with van der Waals surface area (Å²) in [6.45, 7) is 5.53. The number of aromatic nitrogens is 1. The molecule has 3 heteroatoms. The van der Waals surface area contributed by atoms with Crippen LogP contribution in [0.15, 0.2) is 17.3 Å². The van der Waals surface area contributed by atoms with Gasteiger partial charge in [0.05, 0.1) is 5.51 Å². The van der Waals surface area contributed by atoms with Crippen LogP contribution in [0.2, 0.25) is 0 Å². The molecule has 1 aliphatic rings. The summed E-state index contributed by atoms with van der Waals surface area (Å²) >= 11 is 1.70. The van der Waals surface area contributed by atoms with Crippen LogP contribution in [0.25, 0.3) is 6.08 Å². The van der Waals surface area contributed by atoms with E-state index < -0.39 is 0 Å². The molecule has 0 spiro atoms. The van der Waals surface area contributed by atoms with Gasteiger partial charge in [-0.3, -0.25) is 4.98 Å². The standard InChI is InChI=1S/C12H18N2S/c1-9(2)10(6-14-11-3-4-11)5-12-7-13-8-15-12/h5,7-9,11,14H,3-4,6H2,1-2H3. The van der Waals surface area contributed by atoms with Crippen molar-refractivity contribution in [3.05, 3.63) is 22.2 Å². The molecule has 0 saturated heterocycles. The molecule has 1 N–H and O–H groups in total. The van der Waals surface area contributed by atoms with E-state index in [1.807, 2.05) is 11.7 Å². The molecule has 2 rings (SSSR count). The number of hydrogen-bond donors (Lipinski definition) is 1. The first-order chi connectivity index (χ1) is 7.25. The molecule has 0 unspecified atom stereocenters. The van der Waals surface area contributed by atoms with Crippen LogP contribution in [0, 0.1) is 5.92 Å². The summed E-state index contributed by atoms with van der Waals surface area (Å²) < 4.78 is 0. The van der Waals surface area contributed by atoms with Gasteiger partial charge in [0.2, 0.25) is 0 Å². The largest absolute Gasteiger partial charge is 0.310 e. The molecule has 1 saturated carbocycles. The van der Waals surface area contributed by atoms with Crippen LogP contribution in [-0.4, -0.2) is 17.6 Å². The summed E-state index contributed by atoms with van der Waals surface area (Å²) in [5.74, 6) is 0.610. The Hall–Kier alpha value is -0.670. The zero-order chi connectivity index (χ0) is 10.7. The lowest BCUT2D eigenvalue weighted by Crippen LogP contribution is -2.21. The third-order valence-corrected chi connectivity index (χ3v) is 3.42. The Bertz CT molecular complexity index is 323. The summed E-state index contributed by atoms with van der Waals surface area (Å²) in [6, 6.07) is 0.786. The average Bonchev–Trinajstić information content (AvgIpc) is 2.89. The van der Waals surface area contributed by atoms with Crippen molar-refractivity contribution in [3.63, 3.8) is 0 Å². The van der Waals surface area contributed by atoms with Gasteiger partial charge in [0.25, 0.3) is 0 Å². The minimum atomic E-state index is 0.610. The van der Waals surface area contributed by atoms with Crippen molar-refractivity contribution < 1.29 is 0 Å². The lowest BCUT2D eigenvalue weighted by Gasteiger charge is -2.11. The predicted molar refractivity (Wildman–Crippen MR) is 66.0 cm³/mol. The fourth-order valence-electron chi connectivity index (χ4n) is 1.45. The van der Waals surface area contributed by atoms with Gasteiger partial charge in [0, 0.05) is 23.7 Å². The van der Waals surface area contributed by atoms with Crippen molar-refractivity contribution in [2.24, 2.45) is 5.92 Å². The second-order valence-corrected chi connectivity index (χ2v) is 5.35. The highest BCUT2D eigenvalue weighted by Crippen LogP contribution is 2.21. The SMILES string of the molecule is CC(C)C(=Cc1cncs1)CNC1CC1. The van der Waals surface area contributed by atoms with Crippen LogP contribution >= 0.6 is 11.3 Å². The van der Waals surface area contributed by atoms with Crippen molar-refractivity contribution in [2.75, 3.05) is 6.54 Å². The summed E-state index contributed by atoms with van der Waals surface area (Å²) in [6.07, 6.45) is 6.92. The molecule has 15 heavy (non-hydrogen) atoms. The van der Waals surface area contributed by atoms with Gasteiger partial charge >= 0.3 is 0 Å². The maximum absolute atomic E-state index is 4.10. The molecule has 0 aromatic carbocycles. The van der Waals surface area contributed by atoms with E-state index in [-0.39, 0.29) is 0 Å². The van der Waals surface area contributed by atoms with Crippen LogP contribution in [0.1, 0.15) is 31.6 Å². The van der Waals surface area contributed by atoms with Crippen molar-refractivity contribution in [1.82, 2.24) is 10.3 Å². The maximum Gasteiger partial charge on any atom is 0.0797 e. The Morgan fingerprint density at radius 3 is 3.00 bits per heavy atom. The smallest absolute Gasteiger partial charge is 0.0797 e. The van der Waals surface area contributed by atoms with E-state index in [0.717, 1.165) is 12.6 Å². The number of rotatable bonds is 5. The molecule has 0 amide bonds. The molecule has 1 heterocycles. The van der Waals surface area contributed by atoms with Gasteiger partial charge in [-0.05, 0) is 24.8 Å². The first-order valence-corrected chi connectivity index (χ1v) is 6.46. The topological polar surface area (TPSA) is 24.9 Å². The zero-order valence-corrected chi connectivity index (χ0v) is 10.2. The average molecular weight is 222 g/mol. The Balaban J connectivity index is 1.97. The second-order valence-electron chi connectivity index (χ2n) is 4.43. The van der Waals surface area contributed by atoms with Crippen LogP contribution < -0.4 is 5.32 Å². The van der Waals surface area contributed by atoms with Gasteiger partial charge in [0.1, 0.15) is 0 Å². The highest BCUT2D eigenvalue weighted by molar-refractivity contribution is 7.10. The fourth-order valence-corrected chi connectivity index (χ4v) is 2.04. The predicted octanol–water partition coefficient (Wildman–Crippen LogP) is 2.93. The molecule has 0 radical (unpaired) electrons. The van der Waals surface area contributed by atoms with E-state index in [0.29, 0.717) is 5.92 Å². The Kier molecular flexibility index (Phi) is 3.54. The molecule has 1 aliphatic carbocycles. The minimum absolute atomic E-state index is 0.610. The van der Waals surface area contributed by atoms with Gasteiger partial charge < -0.3 is 5.32 Å². The first-order valence-electron chi connectivity index (χ1n) is 5.58. The van der Waals surface area contributed by atoms with E-state index in [9.17, 15) is 0 Å². The maximum atomic E-state index is 4.10. The minimum Gasteiger partial charge on any atom is -0.310 e. The molecule has 0 bridgehead atoms. The Morgan fingerprint density at radius 2 is 2.47 bits per heavy atom. The zero-order valence-electron chi connectivity index (χ0n) is 9.36. The van der Waals surface area contributed by atoms with Crippen LogP contribution in [0.4, 0.5) is 0 Å². The molecule has 1 aromatic heterocycles. The van der Waals surface area contributed by atoms with Gasteiger partial charge in [-0.2, -0.15) is 0 Å². The van der Waals surface area contributed by atoms with Gasteiger partial charge in [-0.15, -0.1) is 11.3 Å². The van der Waals surface area contributed by atoms with Crippen molar-refractivity contribution in [3.8, 4) is 0 Å². The lowest BCUT2D eigenvalue weighted by molar-refractivity contribution is 0.663. The molecular weight excluding hydrogens is 204 g/mol. The molecular formula is C12H18N2S. The summed E-state index contributed by atoms with van der Waals surface area (Å²) in [7, 11) is 0. The third kappa shape index (κ3) is 3.43. The highest BCUT2D eigenvalue weighted by atomic mass is 32.1. The van der Waals surface area contributed by atoms with Crippen molar-refractivity contribution in [1.29, 1.82) is 0 Å². The summed E-state index contributed by atoms with van der Waals surface area (Å²) in [5.41, 5.74) is 3.36. The Labute approximate surface area is 95.4 Å². The highest BCUT2D eigenvalue weighted by Gasteiger charge is 2.20. The Morgan fingerprint density at radius 1 is 1.67 bits per heavy atom. The van der Waals surface area contributed by atoms with Crippen LogP contribution in [-0.2, 0) is 0 Å². The first kappa shape index (κ1) is 10.8. The lowest BCUT2D eigenvalue weighted by atomic mass is 10.0. The van der Waals surface area contributed by atoms with Gasteiger partial charge in [0.15, 0.2) is 0 Å².